The molecular formula is C24H27FN6O2. The lowest BCUT2D eigenvalue weighted by Crippen LogP contribution is -2.49. The fourth-order valence-electron chi connectivity index (χ4n) is 5.22. The van der Waals surface area contributed by atoms with Gasteiger partial charge in [0.25, 0.3) is 0 Å². The van der Waals surface area contributed by atoms with E-state index >= 15 is 4.39 Å². The number of hydrogen-bond donors (Lipinski definition) is 1. The predicted octanol–water partition coefficient (Wildman–Crippen LogP) is 4.06. The van der Waals surface area contributed by atoms with E-state index in [-0.39, 0.29) is 17.7 Å². The van der Waals surface area contributed by atoms with Gasteiger partial charge in [0.1, 0.15) is 11.9 Å². The minimum absolute atomic E-state index is 0.0233. The highest BCUT2D eigenvalue weighted by molar-refractivity contribution is 5.72. The van der Waals surface area contributed by atoms with E-state index in [0.717, 1.165) is 36.8 Å². The number of rotatable bonds is 5. The molecule has 2 bridgehead atoms. The fourth-order valence-corrected chi connectivity index (χ4v) is 5.22. The van der Waals surface area contributed by atoms with Crippen LogP contribution in [-0.2, 0) is 0 Å². The molecule has 2 saturated carbocycles. The molecule has 33 heavy (non-hydrogen) atoms. The molecule has 2 aliphatic rings. The number of halogens is 1. The van der Waals surface area contributed by atoms with Crippen LogP contribution in [0.3, 0.4) is 0 Å². The largest absolute Gasteiger partial charge is 0.507 e. The Kier molecular flexibility index (Phi) is 5.78. The second kappa shape index (κ2) is 8.88. The van der Waals surface area contributed by atoms with E-state index in [1.165, 1.54) is 13.5 Å². The number of phenols is 1. The van der Waals surface area contributed by atoms with Crippen molar-refractivity contribution in [3.8, 4) is 34.1 Å². The van der Waals surface area contributed by atoms with Gasteiger partial charge in [-0.05, 0) is 48.8 Å². The average molecular weight is 451 g/mol. The highest BCUT2D eigenvalue weighted by Crippen LogP contribution is 2.43. The first-order valence-electron chi connectivity index (χ1n) is 11.3. The van der Waals surface area contributed by atoms with Gasteiger partial charge in [0.15, 0.2) is 11.6 Å². The summed E-state index contributed by atoms with van der Waals surface area (Å²) in [6.45, 7) is 0. The summed E-state index contributed by atoms with van der Waals surface area (Å²) in [6.07, 6.45) is 7.49. The third kappa shape index (κ3) is 4.19. The fraction of sp³-hybridized carbons (Fsp3) is 0.458. The smallest absolute Gasteiger partial charge is 0.233 e. The Morgan fingerprint density at radius 3 is 2.70 bits per heavy atom. The Balaban J connectivity index is 1.35. The zero-order chi connectivity index (χ0) is 22.9. The minimum atomic E-state index is -0.856. The first-order chi connectivity index (χ1) is 16.0. The molecule has 2 heterocycles. The third-order valence-electron chi connectivity index (χ3n) is 7.04. The van der Waals surface area contributed by atoms with Gasteiger partial charge in [-0.15, -0.1) is 15.3 Å². The van der Waals surface area contributed by atoms with Crippen molar-refractivity contribution >= 4 is 5.82 Å². The highest BCUT2D eigenvalue weighted by Gasteiger charge is 2.42. The van der Waals surface area contributed by atoms with E-state index < -0.39 is 6.17 Å². The molecule has 9 heteroatoms. The van der Waals surface area contributed by atoms with Crippen LogP contribution in [0.1, 0.15) is 32.1 Å². The van der Waals surface area contributed by atoms with Crippen molar-refractivity contribution in [3.05, 3.63) is 36.7 Å². The predicted molar refractivity (Wildman–Crippen MR) is 122 cm³/mol. The lowest BCUT2D eigenvalue weighted by molar-refractivity contribution is 0.0656. The Morgan fingerprint density at radius 2 is 1.94 bits per heavy atom. The topological polar surface area (TPSA) is 97.2 Å². The van der Waals surface area contributed by atoms with Crippen molar-refractivity contribution in [2.75, 3.05) is 19.1 Å². The number of fused-ring (bicyclic) bond motifs is 2. The van der Waals surface area contributed by atoms with Gasteiger partial charge in [0.2, 0.25) is 5.88 Å². The molecule has 0 unspecified atom stereocenters. The number of methoxy groups -OCH3 is 1. The second-order valence-electron chi connectivity index (χ2n) is 9.01. The Labute approximate surface area is 191 Å². The number of aromatic hydroxyl groups is 1. The molecule has 3 aromatic rings. The summed E-state index contributed by atoms with van der Waals surface area (Å²) in [5.41, 5.74) is 1.98. The quantitative estimate of drug-likeness (QED) is 0.622. The standard InChI is InChI=1S/C24H27FN6O2/c1-31(19-9-14-4-3-5-16(8-14)23(19)25)21-13-26-24(30-28-21)18-7-6-15(10-20(18)32)17-11-22(33-2)29-27-12-17/h6-7,10-14,16,19,23,32H,3-5,8-9H2,1-2H3/t14-,16+,19+,23-/m1/s1. The van der Waals surface area contributed by atoms with Gasteiger partial charge in [-0.3, -0.25) is 0 Å². The maximum atomic E-state index is 15.1. The SMILES string of the molecule is COc1cc(-c2ccc(-c3ncc(N(C)[C@H]4C[C@@H]5CCC[C@@H](C5)[C@H]4F)nn3)c(O)c2)cnn1. The van der Waals surface area contributed by atoms with Crippen LogP contribution < -0.4 is 9.64 Å². The third-order valence-corrected chi connectivity index (χ3v) is 7.04. The van der Waals surface area contributed by atoms with Crippen LogP contribution >= 0.6 is 0 Å². The molecule has 1 N–H and O–H groups in total. The van der Waals surface area contributed by atoms with Gasteiger partial charge in [-0.1, -0.05) is 18.9 Å². The maximum Gasteiger partial charge on any atom is 0.233 e. The van der Waals surface area contributed by atoms with Crippen LogP contribution in [-0.4, -0.2) is 56.9 Å². The summed E-state index contributed by atoms with van der Waals surface area (Å²) in [4.78, 5) is 6.29. The zero-order valence-corrected chi connectivity index (χ0v) is 18.7. The van der Waals surface area contributed by atoms with Gasteiger partial charge in [-0.2, -0.15) is 5.10 Å². The second-order valence-corrected chi connectivity index (χ2v) is 9.01. The van der Waals surface area contributed by atoms with Crippen LogP contribution in [0.15, 0.2) is 36.7 Å². The maximum absolute atomic E-state index is 15.1. The Bertz CT molecular complexity index is 1130. The van der Waals surface area contributed by atoms with Crippen LogP contribution in [0, 0.1) is 11.8 Å². The van der Waals surface area contributed by atoms with E-state index in [1.807, 2.05) is 18.0 Å². The van der Waals surface area contributed by atoms with E-state index in [4.69, 9.17) is 4.74 Å². The molecule has 0 aliphatic heterocycles. The van der Waals surface area contributed by atoms with Crippen LogP contribution in [0.4, 0.5) is 10.2 Å². The molecule has 8 nitrogen and oxygen atoms in total. The van der Waals surface area contributed by atoms with E-state index in [2.05, 4.69) is 25.4 Å². The van der Waals surface area contributed by atoms with Crippen molar-refractivity contribution in [2.24, 2.45) is 11.8 Å². The molecule has 2 aliphatic carbocycles. The summed E-state index contributed by atoms with van der Waals surface area (Å²) in [7, 11) is 3.39. The molecule has 0 saturated heterocycles. The lowest BCUT2D eigenvalue weighted by atomic mass is 9.69. The first-order valence-corrected chi connectivity index (χ1v) is 11.3. The van der Waals surface area contributed by atoms with Crippen LogP contribution in [0.5, 0.6) is 11.6 Å². The number of ether oxygens (including phenoxy) is 1. The number of benzene rings is 1. The molecule has 0 amide bonds. The van der Waals surface area contributed by atoms with Gasteiger partial charge in [-0.25, -0.2) is 9.37 Å². The van der Waals surface area contributed by atoms with Gasteiger partial charge < -0.3 is 14.7 Å². The molecule has 5 rings (SSSR count). The average Bonchev–Trinajstić information content (AvgIpc) is 2.86. The van der Waals surface area contributed by atoms with Crippen molar-refractivity contribution in [1.82, 2.24) is 25.4 Å². The summed E-state index contributed by atoms with van der Waals surface area (Å²) < 4.78 is 20.2. The minimum Gasteiger partial charge on any atom is -0.507 e. The number of phenolic OH excluding ortho intramolecular Hbond substituents is 1. The summed E-state index contributed by atoms with van der Waals surface area (Å²) in [5.74, 6) is 2.00. The Hall–Kier alpha value is -3.36. The lowest BCUT2D eigenvalue weighted by Gasteiger charge is -2.45. The molecule has 2 aromatic heterocycles. The summed E-state index contributed by atoms with van der Waals surface area (Å²) in [5, 5.41) is 26.9. The molecule has 1 aromatic carbocycles. The summed E-state index contributed by atoms with van der Waals surface area (Å²) in [6, 6.07) is 6.72. The van der Waals surface area contributed by atoms with Crippen LogP contribution in [0.25, 0.3) is 22.5 Å². The summed E-state index contributed by atoms with van der Waals surface area (Å²) >= 11 is 0. The van der Waals surface area contributed by atoms with Gasteiger partial charge >= 0.3 is 0 Å². The first kappa shape index (κ1) is 21.5. The number of nitrogens with zero attached hydrogens (tertiary/aromatic N) is 6. The van der Waals surface area contributed by atoms with Crippen molar-refractivity contribution in [2.45, 2.75) is 44.3 Å². The molecule has 0 spiro atoms. The zero-order valence-electron chi connectivity index (χ0n) is 18.7. The normalized spacial score (nSPS) is 24.3. The van der Waals surface area contributed by atoms with Crippen molar-refractivity contribution in [3.63, 3.8) is 0 Å². The van der Waals surface area contributed by atoms with Crippen molar-refractivity contribution in [1.29, 1.82) is 0 Å². The van der Waals surface area contributed by atoms with E-state index in [1.54, 1.807) is 30.6 Å². The molecule has 2 fully saturated rings. The van der Waals surface area contributed by atoms with E-state index in [9.17, 15) is 5.11 Å². The van der Waals surface area contributed by atoms with Gasteiger partial charge in [0.05, 0.1) is 31.1 Å². The molecule has 172 valence electrons. The monoisotopic (exact) mass is 450 g/mol. The molecular weight excluding hydrogens is 423 g/mol. The number of alkyl halides is 1. The number of anilines is 1. The Morgan fingerprint density at radius 1 is 1.06 bits per heavy atom. The molecule has 4 atom stereocenters. The van der Waals surface area contributed by atoms with E-state index in [0.29, 0.717) is 29.0 Å². The van der Waals surface area contributed by atoms with Crippen LogP contribution in [0.2, 0.25) is 0 Å². The number of hydrogen-bond acceptors (Lipinski definition) is 8. The van der Waals surface area contributed by atoms with Gasteiger partial charge in [0, 0.05) is 18.7 Å². The number of aromatic nitrogens is 5. The molecule has 0 radical (unpaired) electrons. The van der Waals surface area contributed by atoms with Crippen molar-refractivity contribution < 1.29 is 14.2 Å². The highest BCUT2D eigenvalue weighted by atomic mass is 19.1.